The highest BCUT2D eigenvalue weighted by Gasteiger charge is 2.11. The molecule has 1 unspecified atom stereocenters. The summed E-state index contributed by atoms with van der Waals surface area (Å²) < 4.78 is 14.2. The highest BCUT2D eigenvalue weighted by atomic mass is 19.1. The van der Waals surface area contributed by atoms with Gasteiger partial charge in [0.25, 0.3) is 0 Å². The summed E-state index contributed by atoms with van der Waals surface area (Å²) in [6.07, 6.45) is 0.879. The van der Waals surface area contributed by atoms with E-state index in [0.717, 1.165) is 22.2 Å². The molecule has 2 N–H and O–H groups in total. The van der Waals surface area contributed by atoms with Crippen molar-refractivity contribution in [3.63, 3.8) is 0 Å². The molecule has 140 valence electrons. The number of anilines is 1. The molecule has 0 aliphatic rings. The van der Waals surface area contributed by atoms with Crippen molar-refractivity contribution in [3.8, 4) is 11.1 Å². The molecule has 0 radical (unpaired) electrons. The first kappa shape index (κ1) is 19.0. The number of fused-ring (bicyclic) bond motifs is 1. The lowest BCUT2D eigenvalue weighted by molar-refractivity contribution is -0.116. The van der Waals surface area contributed by atoms with E-state index >= 15 is 0 Å². The molecule has 4 nitrogen and oxygen atoms in total. The van der Waals surface area contributed by atoms with Gasteiger partial charge in [-0.1, -0.05) is 25.1 Å². The SMILES string of the molecule is CCC(O)CCC(=O)Nc1ccc2nc(C)c(-c3ccccc3F)cc2c1. The van der Waals surface area contributed by atoms with Crippen molar-refractivity contribution in [3.05, 3.63) is 60.0 Å². The Kier molecular flexibility index (Phi) is 5.81. The fourth-order valence-corrected chi connectivity index (χ4v) is 3.03. The van der Waals surface area contributed by atoms with E-state index in [1.807, 2.05) is 32.0 Å². The average molecular weight is 366 g/mol. The third kappa shape index (κ3) is 4.49. The van der Waals surface area contributed by atoms with Gasteiger partial charge in [-0.15, -0.1) is 0 Å². The van der Waals surface area contributed by atoms with Crippen molar-refractivity contribution in [2.45, 2.75) is 39.2 Å². The van der Waals surface area contributed by atoms with Crippen LogP contribution in [0.5, 0.6) is 0 Å². The molecule has 0 aliphatic carbocycles. The standard InChI is InChI=1S/C22H23FN2O2/c1-3-17(26)9-11-22(27)25-16-8-10-21-15(12-16)13-19(14(2)24-21)18-6-4-5-7-20(18)23/h4-8,10,12-13,17,26H,3,9,11H2,1-2H3,(H,25,27). The maximum Gasteiger partial charge on any atom is 0.224 e. The Bertz CT molecular complexity index is 972. The molecular formula is C22H23FN2O2. The number of amides is 1. The highest BCUT2D eigenvalue weighted by molar-refractivity contribution is 5.94. The maximum absolute atomic E-state index is 14.2. The Hall–Kier alpha value is -2.79. The van der Waals surface area contributed by atoms with Crippen LogP contribution in [0.4, 0.5) is 10.1 Å². The summed E-state index contributed by atoms with van der Waals surface area (Å²) in [5.74, 6) is -0.433. The van der Waals surface area contributed by atoms with E-state index in [1.165, 1.54) is 6.07 Å². The van der Waals surface area contributed by atoms with Crippen LogP contribution in [0.2, 0.25) is 0 Å². The van der Waals surface area contributed by atoms with E-state index in [0.29, 0.717) is 24.1 Å². The van der Waals surface area contributed by atoms with Crippen LogP contribution in [0, 0.1) is 12.7 Å². The molecule has 2 aromatic carbocycles. The predicted octanol–water partition coefficient (Wildman–Crippen LogP) is 4.84. The van der Waals surface area contributed by atoms with Crippen molar-refractivity contribution in [2.75, 3.05) is 5.32 Å². The van der Waals surface area contributed by atoms with Crippen molar-refractivity contribution >= 4 is 22.5 Å². The molecule has 3 aromatic rings. The van der Waals surface area contributed by atoms with E-state index in [-0.39, 0.29) is 18.1 Å². The van der Waals surface area contributed by atoms with Gasteiger partial charge in [0.05, 0.1) is 11.6 Å². The number of hydrogen-bond acceptors (Lipinski definition) is 3. The van der Waals surface area contributed by atoms with Gasteiger partial charge in [0.2, 0.25) is 5.91 Å². The number of nitrogens with one attached hydrogen (secondary N) is 1. The van der Waals surface area contributed by atoms with Gasteiger partial charge < -0.3 is 10.4 Å². The molecule has 27 heavy (non-hydrogen) atoms. The molecule has 0 bridgehead atoms. The predicted molar refractivity (Wildman–Crippen MR) is 106 cm³/mol. The van der Waals surface area contributed by atoms with Crippen LogP contribution in [-0.2, 0) is 4.79 Å². The lowest BCUT2D eigenvalue weighted by atomic mass is 10.0. The summed E-state index contributed by atoms with van der Waals surface area (Å²) in [6.45, 7) is 3.74. The summed E-state index contributed by atoms with van der Waals surface area (Å²) in [5.41, 5.74) is 3.43. The second kappa shape index (κ2) is 8.27. The van der Waals surface area contributed by atoms with E-state index in [1.54, 1.807) is 24.3 Å². The third-order valence-corrected chi connectivity index (χ3v) is 4.63. The molecule has 0 fully saturated rings. The zero-order valence-corrected chi connectivity index (χ0v) is 15.5. The normalized spacial score (nSPS) is 12.1. The molecule has 5 heteroatoms. The Morgan fingerprint density at radius 3 is 2.70 bits per heavy atom. The number of aromatic nitrogens is 1. The molecule has 3 rings (SSSR count). The topological polar surface area (TPSA) is 62.2 Å². The van der Waals surface area contributed by atoms with Crippen molar-refractivity contribution in [1.29, 1.82) is 0 Å². The van der Waals surface area contributed by atoms with Gasteiger partial charge in [-0.2, -0.15) is 0 Å². The zero-order valence-electron chi connectivity index (χ0n) is 15.5. The number of carbonyl (C=O) groups is 1. The van der Waals surface area contributed by atoms with Gasteiger partial charge >= 0.3 is 0 Å². The molecule has 0 saturated heterocycles. The number of pyridine rings is 1. The molecule has 0 spiro atoms. The summed E-state index contributed by atoms with van der Waals surface area (Å²) in [6, 6.07) is 14.0. The number of aliphatic hydroxyl groups excluding tert-OH is 1. The van der Waals surface area contributed by atoms with E-state index in [2.05, 4.69) is 10.3 Å². The second-order valence-corrected chi connectivity index (χ2v) is 6.66. The molecule has 1 heterocycles. The number of aryl methyl sites for hydroxylation is 1. The number of carbonyl (C=O) groups excluding carboxylic acids is 1. The smallest absolute Gasteiger partial charge is 0.224 e. The van der Waals surface area contributed by atoms with Crippen LogP contribution in [0.3, 0.4) is 0 Å². The number of rotatable bonds is 6. The fraction of sp³-hybridized carbons (Fsp3) is 0.273. The van der Waals surface area contributed by atoms with Crippen LogP contribution < -0.4 is 5.32 Å². The van der Waals surface area contributed by atoms with Crippen LogP contribution in [-0.4, -0.2) is 22.1 Å². The quantitative estimate of drug-likeness (QED) is 0.656. The minimum atomic E-state index is -0.456. The Balaban J connectivity index is 1.87. The van der Waals surface area contributed by atoms with Gasteiger partial charge in [-0.25, -0.2) is 4.39 Å². The Labute approximate surface area is 158 Å². The largest absolute Gasteiger partial charge is 0.393 e. The molecule has 1 atom stereocenters. The minimum absolute atomic E-state index is 0.142. The Morgan fingerprint density at radius 1 is 1.19 bits per heavy atom. The number of halogens is 1. The molecule has 0 aliphatic heterocycles. The van der Waals surface area contributed by atoms with Gasteiger partial charge in [0.15, 0.2) is 0 Å². The lowest BCUT2D eigenvalue weighted by Crippen LogP contribution is -2.15. The fourth-order valence-electron chi connectivity index (χ4n) is 3.03. The molecular weight excluding hydrogens is 343 g/mol. The van der Waals surface area contributed by atoms with Crippen LogP contribution >= 0.6 is 0 Å². The summed E-state index contributed by atoms with van der Waals surface area (Å²) in [7, 11) is 0. The molecule has 1 aromatic heterocycles. The van der Waals surface area contributed by atoms with E-state index in [4.69, 9.17) is 0 Å². The summed E-state index contributed by atoms with van der Waals surface area (Å²) in [5, 5.41) is 13.3. The van der Waals surface area contributed by atoms with E-state index < -0.39 is 6.10 Å². The van der Waals surface area contributed by atoms with Crippen molar-refractivity contribution in [1.82, 2.24) is 4.98 Å². The first-order valence-electron chi connectivity index (χ1n) is 9.12. The van der Waals surface area contributed by atoms with Gasteiger partial charge in [-0.3, -0.25) is 9.78 Å². The lowest BCUT2D eigenvalue weighted by Gasteiger charge is -2.11. The second-order valence-electron chi connectivity index (χ2n) is 6.66. The molecule has 1 amide bonds. The maximum atomic E-state index is 14.2. The van der Waals surface area contributed by atoms with Gasteiger partial charge in [0.1, 0.15) is 5.82 Å². The number of hydrogen-bond donors (Lipinski definition) is 2. The Morgan fingerprint density at radius 2 is 1.96 bits per heavy atom. The van der Waals surface area contributed by atoms with Gasteiger partial charge in [-0.05, 0) is 50.1 Å². The summed E-state index contributed by atoms with van der Waals surface area (Å²) >= 11 is 0. The number of aliphatic hydroxyl groups is 1. The van der Waals surface area contributed by atoms with Crippen LogP contribution in [0.1, 0.15) is 31.9 Å². The number of nitrogens with zero attached hydrogens (tertiary/aromatic N) is 1. The van der Waals surface area contributed by atoms with Crippen molar-refractivity contribution in [2.24, 2.45) is 0 Å². The van der Waals surface area contributed by atoms with Crippen molar-refractivity contribution < 1.29 is 14.3 Å². The summed E-state index contributed by atoms with van der Waals surface area (Å²) in [4.78, 5) is 16.6. The first-order chi connectivity index (χ1) is 13.0. The number of benzene rings is 2. The minimum Gasteiger partial charge on any atom is -0.393 e. The third-order valence-electron chi connectivity index (χ3n) is 4.63. The monoisotopic (exact) mass is 366 g/mol. The average Bonchev–Trinajstić information content (AvgIpc) is 2.66. The van der Waals surface area contributed by atoms with E-state index in [9.17, 15) is 14.3 Å². The molecule has 0 saturated carbocycles. The first-order valence-corrected chi connectivity index (χ1v) is 9.12. The zero-order chi connectivity index (χ0) is 19.4. The van der Waals surface area contributed by atoms with Gasteiger partial charge in [0, 0.05) is 34.3 Å². The highest BCUT2D eigenvalue weighted by Crippen LogP contribution is 2.29. The van der Waals surface area contributed by atoms with Crippen LogP contribution in [0.25, 0.3) is 22.0 Å². The van der Waals surface area contributed by atoms with Crippen LogP contribution in [0.15, 0.2) is 48.5 Å².